The van der Waals surface area contributed by atoms with E-state index in [-0.39, 0.29) is 5.95 Å². The molecule has 0 atom stereocenters. The largest absolute Gasteiger partial charge is 0.493 e. The molecule has 1 aromatic carbocycles. The molecule has 3 N–H and O–H groups in total. The highest BCUT2D eigenvalue weighted by molar-refractivity contribution is 5.43. The highest BCUT2D eigenvalue weighted by Crippen LogP contribution is 2.27. The number of aromatic nitrogens is 4. The Morgan fingerprint density at radius 1 is 1.37 bits per heavy atom. The van der Waals surface area contributed by atoms with Crippen LogP contribution >= 0.6 is 0 Å². The van der Waals surface area contributed by atoms with Crippen LogP contribution in [0.4, 0.5) is 5.95 Å². The lowest BCUT2D eigenvalue weighted by atomic mass is 10.2. The number of hydrogen-bond acceptors (Lipinski definition) is 7. The molecule has 0 aliphatic heterocycles. The molecule has 0 saturated carbocycles. The number of tetrazole rings is 1. The molecule has 2 aromatic rings. The van der Waals surface area contributed by atoms with E-state index in [0.717, 1.165) is 11.3 Å². The molecule has 0 spiro atoms. The van der Waals surface area contributed by atoms with Gasteiger partial charge in [-0.2, -0.15) is 0 Å². The zero-order chi connectivity index (χ0) is 13.7. The Labute approximate surface area is 110 Å². The Balaban J connectivity index is 2.07. The molecule has 0 fully saturated rings. The third-order valence-corrected chi connectivity index (χ3v) is 2.45. The van der Waals surface area contributed by atoms with Crippen molar-refractivity contribution in [3.05, 3.63) is 23.8 Å². The van der Waals surface area contributed by atoms with Gasteiger partial charge in [-0.15, -0.1) is 4.79 Å². The van der Waals surface area contributed by atoms with Gasteiger partial charge in [0.2, 0.25) is 0 Å². The van der Waals surface area contributed by atoms with Gasteiger partial charge in [-0.25, -0.2) is 0 Å². The van der Waals surface area contributed by atoms with E-state index in [1.807, 2.05) is 25.1 Å². The Bertz CT molecular complexity index is 542. The average molecular weight is 264 g/mol. The van der Waals surface area contributed by atoms with Crippen molar-refractivity contribution in [2.75, 3.05) is 24.9 Å². The van der Waals surface area contributed by atoms with E-state index < -0.39 is 0 Å². The molecular formula is C11H16N6O2. The van der Waals surface area contributed by atoms with Crippen molar-refractivity contribution in [1.82, 2.24) is 20.3 Å². The van der Waals surface area contributed by atoms with Crippen LogP contribution in [-0.2, 0) is 6.54 Å². The van der Waals surface area contributed by atoms with Crippen molar-refractivity contribution in [1.29, 1.82) is 0 Å². The van der Waals surface area contributed by atoms with Crippen LogP contribution in [0.25, 0.3) is 0 Å². The van der Waals surface area contributed by atoms with Gasteiger partial charge >= 0.3 is 0 Å². The fourth-order valence-electron chi connectivity index (χ4n) is 1.57. The first-order valence-corrected chi connectivity index (χ1v) is 5.82. The van der Waals surface area contributed by atoms with Crippen LogP contribution < -0.4 is 20.6 Å². The fourth-order valence-corrected chi connectivity index (χ4v) is 1.57. The Morgan fingerprint density at radius 3 is 2.84 bits per heavy atom. The maximum atomic E-state index is 5.54. The molecular weight excluding hydrogens is 248 g/mol. The van der Waals surface area contributed by atoms with Crippen molar-refractivity contribution in [3.8, 4) is 11.5 Å². The number of rotatable bonds is 6. The molecule has 0 aliphatic carbocycles. The molecule has 8 heteroatoms. The van der Waals surface area contributed by atoms with E-state index >= 15 is 0 Å². The molecule has 1 aromatic heterocycles. The summed E-state index contributed by atoms with van der Waals surface area (Å²) in [5, 5.41) is 10.7. The van der Waals surface area contributed by atoms with Gasteiger partial charge in [0, 0.05) is 0 Å². The summed E-state index contributed by atoms with van der Waals surface area (Å²) < 4.78 is 10.7. The van der Waals surface area contributed by atoms with E-state index in [0.29, 0.717) is 18.9 Å². The van der Waals surface area contributed by atoms with Crippen molar-refractivity contribution < 1.29 is 9.47 Å². The van der Waals surface area contributed by atoms with Gasteiger partial charge < -0.3 is 20.6 Å². The Hall–Kier alpha value is -2.51. The van der Waals surface area contributed by atoms with E-state index in [9.17, 15) is 0 Å². The summed E-state index contributed by atoms with van der Waals surface area (Å²) in [5.74, 6) is 1.61. The summed E-state index contributed by atoms with van der Waals surface area (Å²) in [6, 6.07) is 5.68. The molecule has 2 rings (SSSR count). The van der Waals surface area contributed by atoms with Gasteiger partial charge in [0.05, 0.1) is 20.3 Å². The minimum atomic E-state index is 0.206. The van der Waals surface area contributed by atoms with Gasteiger partial charge in [-0.05, 0) is 35.0 Å². The summed E-state index contributed by atoms with van der Waals surface area (Å²) in [7, 11) is 1.61. The van der Waals surface area contributed by atoms with Crippen LogP contribution in [0.3, 0.4) is 0 Å². The monoisotopic (exact) mass is 264 g/mol. The molecule has 1 heterocycles. The van der Waals surface area contributed by atoms with E-state index in [1.165, 1.54) is 4.79 Å². The molecule has 0 radical (unpaired) electrons. The van der Waals surface area contributed by atoms with Crippen LogP contribution in [0.2, 0.25) is 0 Å². The van der Waals surface area contributed by atoms with Crippen LogP contribution in [0, 0.1) is 0 Å². The van der Waals surface area contributed by atoms with Gasteiger partial charge in [0.25, 0.3) is 5.95 Å². The standard InChI is InChI=1S/C11H16N6O2/c1-3-19-9-5-4-8(6-10(9)18-2)7-13-17-11(12)14-15-16-17/h4-6,13H,3,7H2,1-2H3,(H2,12,14,16). The third-order valence-electron chi connectivity index (χ3n) is 2.45. The second-order valence-corrected chi connectivity index (χ2v) is 3.70. The second-order valence-electron chi connectivity index (χ2n) is 3.70. The van der Waals surface area contributed by atoms with Crippen molar-refractivity contribution in [2.45, 2.75) is 13.5 Å². The number of nitrogens with zero attached hydrogens (tertiary/aromatic N) is 4. The lowest BCUT2D eigenvalue weighted by Crippen LogP contribution is -2.18. The maximum Gasteiger partial charge on any atom is 0.260 e. The number of nitrogens with one attached hydrogen (secondary N) is 1. The highest BCUT2D eigenvalue weighted by atomic mass is 16.5. The fraction of sp³-hybridized carbons (Fsp3) is 0.364. The van der Waals surface area contributed by atoms with Gasteiger partial charge in [0.1, 0.15) is 0 Å². The van der Waals surface area contributed by atoms with Gasteiger partial charge in [0.15, 0.2) is 11.5 Å². The maximum absolute atomic E-state index is 5.54. The topological polar surface area (TPSA) is 100 Å². The number of nitrogens with two attached hydrogens (primary N) is 1. The predicted molar refractivity (Wildman–Crippen MR) is 69.5 cm³/mol. The highest BCUT2D eigenvalue weighted by Gasteiger charge is 2.06. The molecule has 0 bridgehead atoms. The summed E-state index contributed by atoms with van der Waals surface area (Å²) >= 11 is 0. The van der Waals surface area contributed by atoms with Gasteiger partial charge in [-0.3, -0.25) is 0 Å². The minimum absolute atomic E-state index is 0.206. The lowest BCUT2D eigenvalue weighted by Gasteiger charge is -2.11. The number of benzene rings is 1. The molecule has 19 heavy (non-hydrogen) atoms. The number of nitrogen functional groups attached to an aromatic ring is 1. The number of anilines is 1. The normalized spacial score (nSPS) is 10.2. The molecule has 0 unspecified atom stereocenters. The molecule has 8 nitrogen and oxygen atoms in total. The van der Waals surface area contributed by atoms with Crippen molar-refractivity contribution in [2.24, 2.45) is 0 Å². The Kier molecular flexibility index (Phi) is 4.01. The zero-order valence-corrected chi connectivity index (χ0v) is 10.8. The summed E-state index contributed by atoms with van der Waals surface area (Å²) in [4.78, 5) is 1.31. The zero-order valence-electron chi connectivity index (χ0n) is 10.8. The number of hydrogen-bond donors (Lipinski definition) is 2. The molecule has 0 aliphatic rings. The third kappa shape index (κ3) is 3.03. The molecule has 0 saturated heterocycles. The predicted octanol–water partition coefficient (Wildman–Crippen LogP) is 0.406. The molecule has 0 amide bonds. The first kappa shape index (κ1) is 12.9. The van der Waals surface area contributed by atoms with Crippen LogP contribution in [0.15, 0.2) is 18.2 Å². The summed E-state index contributed by atoms with van der Waals surface area (Å²) in [5.41, 5.74) is 9.51. The molecule has 102 valence electrons. The summed E-state index contributed by atoms with van der Waals surface area (Å²) in [6.45, 7) is 3.03. The number of methoxy groups -OCH3 is 1. The van der Waals surface area contributed by atoms with Crippen LogP contribution in [0.1, 0.15) is 12.5 Å². The quantitative estimate of drug-likeness (QED) is 0.779. The Morgan fingerprint density at radius 2 is 2.21 bits per heavy atom. The van der Waals surface area contributed by atoms with Gasteiger partial charge in [-0.1, -0.05) is 11.2 Å². The van der Waals surface area contributed by atoms with Crippen molar-refractivity contribution in [3.63, 3.8) is 0 Å². The smallest absolute Gasteiger partial charge is 0.260 e. The second kappa shape index (κ2) is 5.89. The number of ether oxygens (including phenoxy) is 2. The van der Waals surface area contributed by atoms with Crippen LogP contribution in [-0.4, -0.2) is 34.0 Å². The van der Waals surface area contributed by atoms with E-state index in [4.69, 9.17) is 15.2 Å². The van der Waals surface area contributed by atoms with E-state index in [2.05, 4.69) is 21.0 Å². The van der Waals surface area contributed by atoms with Crippen molar-refractivity contribution >= 4 is 5.95 Å². The first-order chi connectivity index (χ1) is 9.24. The first-order valence-electron chi connectivity index (χ1n) is 5.82. The summed E-state index contributed by atoms with van der Waals surface area (Å²) in [6.07, 6.45) is 0. The lowest BCUT2D eigenvalue weighted by molar-refractivity contribution is 0.310. The van der Waals surface area contributed by atoms with E-state index in [1.54, 1.807) is 7.11 Å². The minimum Gasteiger partial charge on any atom is -0.493 e. The SMILES string of the molecule is CCOc1ccc(CNn2nnnc2N)cc1OC. The average Bonchev–Trinajstić information content (AvgIpc) is 2.83. The van der Waals surface area contributed by atoms with Crippen LogP contribution in [0.5, 0.6) is 11.5 Å².